The summed E-state index contributed by atoms with van der Waals surface area (Å²) in [6, 6.07) is 8.86. The van der Waals surface area contributed by atoms with Crippen LogP contribution in [0.3, 0.4) is 0 Å². The van der Waals surface area contributed by atoms with E-state index in [9.17, 15) is 4.79 Å². The first-order valence-corrected chi connectivity index (χ1v) is 6.29. The molecule has 1 aromatic heterocycles. The van der Waals surface area contributed by atoms with Crippen molar-refractivity contribution >= 4 is 5.97 Å². The Balaban J connectivity index is 2.06. The summed E-state index contributed by atoms with van der Waals surface area (Å²) in [5.41, 5.74) is 1.26. The average molecular weight is 270 g/mol. The van der Waals surface area contributed by atoms with E-state index in [0.29, 0.717) is 12.0 Å². The van der Waals surface area contributed by atoms with E-state index in [1.807, 2.05) is 13.0 Å². The van der Waals surface area contributed by atoms with Crippen LogP contribution in [0.2, 0.25) is 0 Å². The molecule has 1 heterocycles. The number of rotatable bonds is 5. The first kappa shape index (κ1) is 13.7. The lowest BCUT2D eigenvalue weighted by atomic mass is 10.2. The zero-order valence-electron chi connectivity index (χ0n) is 11.1. The van der Waals surface area contributed by atoms with Crippen molar-refractivity contribution in [2.24, 2.45) is 0 Å². The summed E-state index contributed by atoms with van der Waals surface area (Å²) in [5.74, 6) is -0.419. The summed E-state index contributed by atoms with van der Waals surface area (Å²) < 4.78 is 6.86. The van der Waals surface area contributed by atoms with Crippen molar-refractivity contribution in [3.05, 3.63) is 42.2 Å². The Morgan fingerprint density at radius 3 is 2.75 bits per heavy atom. The Morgan fingerprint density at radius 1 is 1.45 bits per heavy atom. The molecule has 0 bridgehead atoms. The lowest BCUT2D eigenvalue weighted by molar-refractivity contribution is 0.0304. The lowest BCUT2D eigenvalue weighted by Crippen LogP contribution is -2.17. The van der Waals surface area contributed by atoms with Crippen molar-refractivity contribution in [1.82, 2.24) is 15.0 Å². The van der Waals surface area contributed by atoms with E-state index >= 15 is 0 Å². The number of esters is 1. The molecule has 1 atom stereocenters. The molecule has 20 heavy (non-hydrogen) atoms. The first-order chi connectivity index (χ1) is 9.74. The Bertz CT molecular complexity index is 599. The Labute approximate surface area is 116 Å². The molecule has 0 radical (unpaired) electrons. The minimum Gasteiger partial charge on any atom is -0.458 e. The van der Waals surface area contributed by atoms with Gasteiger partial charge in [0.15, 0.2) is 0 Å². The fourth-order valence-electron chi connectivity index (χ4n) is 1.69. The van der Waals surface area contributed by atoms with E-state index in [0.717, 1.165) is 5.69 Å². The first-order valence-electron chi connectivity index (χ1n) is 6.29. The van der Waals surface area contributed by atoms with Crippen LogP contribution in [0, 0.1) is 11.3 Å². The molecule has 1 aromatic carbocycles. The molecule has 0 aliphatic carbocycles. The zero-order valence-corrected chi connectivity index (χ0v) is 11.1. The highest BCUT2D eigenvalue weighted by Crippen LogP contribution is 2.12. The molecule has 0 saturated heterocycles. The molecule has 6 heteroatoms. The monoisotopic (exact) mass is 270 g/mol. The molecule has 2 rings (SSSR count). The molecule has 0 saturated carbocycles. The Morgan fingerprint density at radius 2 is 2.20 bits per heavy atom. The zero-order chi connectivity index (χ0) is 14.4. The smallest absolute Gasteiger partial charge is 0.338 e. The van der Waals surface area contributed by atoms with Gasteiger partial charge in [-0.2, -0.15) is 5.26 Å². The molecule has 6 nitrogen and oxygen atoms in total. The van der Waals surface area contributed by atoms with Crippen molar-refractivity contribution in [3.63, 3.8) is 0 Å². The van der Waals surface area contributed by atoms with Crippen molar-refractivity contribution < 1.29 is 9.53 Å². The average Bonchev–Trinajstić information content (AvgIpc) is 3.01. The third-order valence-corrected chi connectivity index (χ3v) is 2.84. The maximum absolute atomic E-state index is 11.9. The second-order valence-electron chi connectivity index (χ2n) is 4.19. The van der Waals surface area contributed by atoms with Crippen molar-refractivity contribution in [3.8, 4) is 11.8 Å². The summed E-state index contributed by atoms with van der Waals surface area (Å²) >= 11 is 0. The van der Waals surface area contributed by atoms with Gasteiger partial charge < -0.3 is 4.74 Å². The molecular formula is C14H14N4O2. The van der Waals surface area contributed by atoms with E-state index in [4.69, 9.17) is 10.00 Å². The van der Waals surface area contributed by atoms with Crippen LogP contribution >= 0.6 is 0 Å². The van der Waals surface area contributed by atoms with Gasteiger partial charge in [-0.05, 0) is 30.7 Å². The van der Waals surface area contributed by atoms with Crippen molar-refractivity contribution in [2.75, 3.05) is 0 Å². The summed E-state index contributed by atoms with van der Waals surface area (Å²) in [6.07, 6.45) is 3.77. The second-order valence-corrected chi connectivity index (χ2v) is 4.19. The van der Waals surface area contributed by atoms with E-state index in [2.05, 4.69) is 10.3 Å². The quantitative estimate of drug-likeness (QED) is 0.777. The highest BCUT2D eigenvalue weighted by molar-refractivity contribution is 5.89. The van der Waals surface area contributed by atoms with Crippen LogP contribution in [0.4, 0.5) is 0 Å². The van der Waals surface area contributed by atoms with Gasteiger partial charge in [-0.25, -0.2) is 9.48 Å². The van der Waals surface area contributed by atoms with E-state index in [1.165, 1.54) is 0 Å². The number of carbonyl (C=O) groups excluding carboxylic acids is 1. The molecule has 0 amide bonds. The second kappa shape index (κ2) is 6.48. The number of hydrogen-bond acceptors (Lipinski definition) is 5. The number of nitrogens with zero attached hydrogens (tertiary/aromatic N) is 4. The maximum atomic E-state index is 11.9. The van der Waals surface area contributed by atoms with Gasteiger partial charge in [-0.15, -0.1) is 5.10 Å². The van der Waals surface area contributed by atoms with E-state index in [1.54, 1.807) is 41.3 Å². The summed E-state index contributed by atoms with van der Waals surface area (Å²) in [4.78, 5) is 11.9. The third-order valence-electron chi connectivity index (χ3n) is 2.84. The third kappa shape index (κ3) is 3.20. The van der Waals surface area contributed by atoms with Crippen LogP contribution in [0.25, 0.3) is 5.69 Å². The lowest BCUT2D eigenvalue weighted by Gasteiger charge is -2.12. The highest BCUT2D eigenvalue weighted by atomic mass is 16.5. The number of benzene rings is 1. The number of aromatic nitrogens is 3. The molecule has 0 spiro atoms. The number of carbonyl (C=O) groups is 1. The topological polar surface area (TPSA) is 80.8 Å². The molecule has 0 aliphatic heterocycles. The molecule has 0 fully saturated rings. The summed E-state index contributed by atoms with van der Waals surface area (Å²) in [7, 11) is 0. The Hall–Kier alpha value is -2.68. The summed E-state index contributed by atoms with van der Waals surface area (Å²) in [5, 5.41) is 16.2. The minimum atomic E-state index is -0.419. The van der Waals surface area contributed by atoms with Gasteiger partial charge in [0, 0.05) is 0 Å². The molecular weight excluding hydrogens is 256 g/mol. The van der Waals surface area contributed by atoms with E-state index in [-0.39, 0.29) is 12.5 Å². The van der Waals surface area contributed by atoms with Gasteiger partial charge in [0.25, 0.3) is 0 Å². The maximum Gasteiger partial charge on any atom is 0.338 e. The predicted octanol–water partition coefficient (Wildman–Crippen LogP) is 2.12. The number of nitriles is 1. The molecule has 2 aromatic rings. The molecule has 102 valence electrons. The van der Waals surface area contributed by atoms with Gasteiger partial charge in [-0.3, -0.25) is 0 Å². The normalized spacial score (nSPS) is 11.6. The summed E-state index contributed by atoms with van der Waals surface area (Å²) in [6.45, 7) is 1.88. The number of hydrogen-bond donors (Lipinski definition) is 0. The van der Waals surface area contributed by atoms with Crippen molar-refractivity contribution in [2.45, 2.75) is 25.9 Å². The van der Waals surface area contributed by atoms with Gasteiger partial charge in [0.2, 0.25) is 0 Å². The van der Waals surface area contributed by atoms with E-state index < -0.39 is 5.97 Å². The van der Waals surface area contributed by atoms with Crippen LogP contribution in [0.5, 0.6) is 0 Å². The molecule has 0 aliphatic rings. The molecule has 0 unspecified atom stereocenters. The fraction of sp³-hybridized carbons (Fsp3) is 0.286. The largest absolute Gasteiger partial charge is 0.458 e. The SMILES string of the molecule is CC[C@@H](CC#N)OC(=O)c1ccc(-n2ccnn2)cc1. The van der Waals surface area contributed by atoms with Crippen LogP contribution in [0.1, 0.15) is 30.1 Å². The van der Waals surface area contributed by atoms with Gasteiger partial charge in [0.05, 0.1) is 36.1 Å². The highest BCUT2D eigenvalue weighted by Gasteiger charge is 2.14. The van der Waals surface area contributed by atoms with Crippen LogP contribution in [-0.2, 0) is 4.74 Å². The minimum absolute atomic E-state index is 0.208. The standard InChI is InChI=1S/C14H14N4O2/c1-2-13(7-8-15)20-14(19)11-3-5-12(6-4-11)18-10-9-16-17-18/h3-6,9-10,13H,2,7H2,1H3/t13-/m0/s1. The van der Waals surface area contributed by atoms with Gasteiger partial charge in [-0.1, -0.05) is 12.1 Å². The predicted molar refractivity (Wildman–Crippen MR) is 71.1 cm³/mol. The van der Waals surface area contributed by atoms with Gasteiger partial charge >= 0.3 is 5.97 Å². The number of ether oxygens (including phenoxy) is 1. The van der Waals surface area contributed by atoms with Crippen LogP contribution in [0.15, 0.2) is 36.7 Å². The van der Waals surface area contributed by atoms with Crippen LogP contribution < -0.4 is 0 Å². The van der Waals surface area contributed by atoms with Crippen LogP contribution in [-0.4, -0.2) is 27.1 Å². The Kier molecular flexibility index (Phi) is 4.45. The van der Waals surface area contributed by atoms with Crippen molar-refractivity contribution in [1.29, 1.82) is 5.26 Å². The van der Waals surface area contributed by atoms with Gasteiger partial charge in [0.1, 0.15) is 6.10 Å². The fourth-order valence-corrected chi connectivity index (χ4v) is 1.69. The molecule has 0 N–H and O–H groups in total.